The van der Waals surface area contributed by atoms with Crippen molar-refractivity contribution in [2.24, 2.45) is 5.73 Å². The van der Waals surface area contributed by atoms with Crippen LogP contribution >= 0.6 is 15.9 Å². The van der Waals surface area contributed by atoms with Gasteiger partial charge in [-0.05, 0) is 34.8 Å². The van der Waals surface area contributed by atoms with E-state index >= 15 is 0 Å². The van der Waals surface area contributed by atoms with Gasteiger partial charge in [0.2, 0.25) is 0 Å². The molecular weight excluding hydrogens is 270 g/mol. The number of piperidine rings is 1. The van der Waals surface area contributed by atoms with Gasteiger partial charge in [0.05, 0.1) is 16.8 Å². The van der Waals surface area contributed by atoms with Crippen molar-refractivity contribution in [3.8, 4) is 0 Å². The average molecular weight is 288 g/mol. The zero-order valence-electron chi connectivity index (χ0n) is 9.29. The second-order valence-electron chi connectivity index (χ2n) is 4.10. The summed E-state index contributed by atoms with van der Waals surface area (Å²) in [5.41, 5.74) is 9.21. The number of rotatable bonds is 4. The maximum absolute atomic E-state index is 5.78. The Kier molecular flexibility index (Phi) is 4.40. The van der Waals surface area contributed by atoms with Crippen LogP contribution in [0.15, 0.2) is 21.2 Å². The topological polar surface area (TPSA) is 54.4 Å². The molecule has 1 aliphatic heterocycles. The molecule has 2 heterocycles. The first-order valence-electron chi connectivity index (χ1n) is 5.75. The Bertz CT molecular complexity index is 323. The third-order valence-electron chi connectivity index (χ3n) is 2.89. The van der Waals surface area contributed by atoms with Gasteiger partial charge in [0.15, 0.2) is 0 Å². The lowest BCUT2D eigenvalue weighted by Gasteiger charge is -2.30. The molecule has 16 heavy (non-hydrogen) atoms. The monoisotopic (exact) mass is 287 g/mol. The van der Waals surface area contributed by atoms with Crippen molar-refractivity contribution in [2.45, 2.75) is 25.3 Å². The summed E-state index contributed by atoms with van der Waals surface area (Å²) in [6, 6.07) is 1.96. The minimum absolute atomic E-state index is 0.0578. The van der Waals surface area contributed by atoms with E-state index in [1.165, 1.54) is 19.3 Å². The Hall–Kier alpha value is -0.360. The quantitative estimate of drug-likeness (QED) is 0.890. The zero-order valence-corrected chi connectivity index (χ0v) is 10.9. The molecule has 0 bridgehead atoms. The molecule has 90 valence electrons. The first kappa shape index (κ1) is 12.1. The average Bonchev–Trinajstić information content (AvgIpc) is 2.74. The van der Waals surface area contributed by atoms with E-state index in [-0.39, 0.29) is 6.04 Å². The molecule has 1 aromatic rings. The molecule has 4 nitrogen and oxygen atoms in total. The van der Waals surface area contributed by atoms with Crippen molar-refractivity contribution in [2.75, 3.05) is 19.6 Å². The molecule has 1 atom stereocenters. The van der Waals surface area contributed by atoms with Crippen LogP contribution in [0.4, 0.5) is 0 Å². The van der Waals surface area contributed by atoms with Crippen molar-refractivity contribution in [1.82, 2.24) is 10.4 Å². The van der Waals surface area contributed by atoms with E-state index in [0.717, 1.165) is 23.3 Å². The third kappa shape index (κ3) is 2.85. The minimum atomic E-state index is 0.0578. The fraction of sp³-hybridized carbons (Fsp3) is 0.636. The van der Waals surface area contributed by atoms with Gasteiger partial charge in [-0.25, -0.2) is 10.4 Å². The highest BCUT2D eigenvalue weighted by molar-refractivity contribution is 9.10. The van der Waals surface area contributed by atoms with Gasteiger partial charge in [-0.3, -0.25) is 0 Å². The third-order valence-corrected chi connectivity index (χ3v) is 3.55. The second-order valence-corrected chi connectivity index (χ2v) is 4.95. The maximum Gasteiger partial charge on any atom is 0.137 e. The van der Waals surface area contributed by atoms with E-state index in [4.69, 9.17) is 10.2 Å². The van der Waals surface area contributed by atoms with E-state index in [2.05, 4.69) is 26.4 Å². The summed E-state index contributed by atoms with van der Waals surface area (Å²) in [4.78, 5) is 0. The van der Waals surface area contributed by atoms with Crippen molar-refractivity contribution in [3.05, 3.63) is 22.6 Å². The number of nitrogens with one attached hydrogen (secondary N) is 1. The van der Waals surface area contributed by atoms with E-state index < -0.39 is 0 Å². The molecule has 0 aliphatic carbocycles. The van der Waals surface area contributed by atoms with Gasteiger partial charge in [-0.1, -0.05) is 6.42 Å². The lowest BCUT2D eigenvalue weighted by molar-refractivity contribution is 0.122. The minimum Gasteiger partial charge on any atom is -0.466 e. The number of nitrogens with two attached hydrogens (primary N) is 1. The second kappa shape index (κ2) is 5.82. The molecule has 0 aromatic carbocycles. The Morgan fingerprint density at radius 3 is 2.75 bits per heavy atom. The summed E-state index contributed by atoms with van der Waals surface area (Å²) in [5, 5.41) is 2.25. The van der Waals surface area contributed by atoms with Crippen LogP contribution in [0.1, 0.15) is 31.1 Å². The standard InChI is InChI=1S/C11H18BrN3O/c12-9-4-7-16-11(9)10(8-13)14-15-5-2-1-3-6-15/h4,7,10,14H,1-3,5-6,8,13H2. The predicted molar refractivity (Wildman–Crippen MR) is 66.8 cm³/mol. The van der Waals surface area contributed by atoms with E-state index in [1.807, 2.05) is 6.07 Å². The molecular formula is C11H18BrN3O. The van der Waals surface area contributed by atoms with Gasteiger partial charge in [-0.15, -0.1) is 0 Å². The highest BCUT2D eigenvalue weighted by Gasteiger charge is 2.20. The molecule has 1 saturated heterocycles. The van der Waals surface area contributed by atoms with E-state index in [9.17, 15) is 0 Å². The number of hydrogen-bond donors (Lipinski definition) is 2. The molecule has 0 amide bonds. The summed E-state index contributed by atoms with van der Waals surface area (Å²) in [7, 11) is 0. The van der Waals surface area contributed by atoms with Crippen molar-refractivity contribution in [3.63, 3.8) is 0 Å². The van der Waals surface area contributed by atoms with Gasteiger partial charge in [-0.2, -0.15) is 0 Å². The van der Waals surface area contributed by atoms with Crippen LogP contribution in [0.2, 0.25) is 0 Å². The van der Waals surface area contributed by atoms with Crippen LogP contribution in [-0.4, -0.2) is 24.6 Å². The highest BCUT2D eigenvalue weighted by Crippen LogP contribution is 2.24. The van der Waals surface area contributed by atoms with Crippen LogP contribution < -0.4 is 11.2 Å². The first-order valence-corrected chi connectivity index (χ1v) is 6.54. The molecule has 1 unspecified atom stereocenters. The molecule has 1 aromatic heterocycles. The molecule has 1 fully saturated rings. The summed E-state index contributed by atoms with van der Waals surface area (Å²) in [6.07, 6.45) is 5.52. The molecule has 5 heteroatoms. The van der Waals surface area contributed by atoms with E-state index in [1.54, 1.807) is 6.26 Å². The highest BCUT2D eigenvalue weighted by atomic mass is 79.9. The summed E-state index contributed by atoms with van der Waals surface area (Å²) in [5.74, 6) is 0.882. The van der Waals surface area contributed by atoms with Crippen molar-refractivity contribution >= 4 is 15.9 Å². The molecule has 3 N–H and O–H groups in total. The normalized spacial score (nSPS) is 19.9. The largest absolute Gasteiger partial charge is 0.466 e. The molecule has 0 spiro atoms. The van der Waals surface area contributed by atoms with Crippen LogP contribution in [-0.2, 0) is 0 Å². The van der Waals surface area contributed by atoms with Gasteiger partial charge in [0.1, 0.15) is 5.76 Å². The Morgan fingerprint density at radius 2 is 2.19 bits per heavy atom. The van der Waals surface area contributed by atoms with Crippen LogP contribution in [0.5, 0.6) is 0 Å². The van der Waals surface area contributed by atoms with Gasteiger partial charge >= 0.3 is 0 Å². The van der Waals surface area contributed by atoms with Gasteiger partial charge < -0.3 is 10.2 Å². The number of furan rings is 1. The lowest BCUT2D eigenvalue weighted by Crippen LogP contribution is -2.45. The molecule has 0 radical (unpaired) electrons. The smallest absolute Gasteiger partial charge is 0.137 e. The zero-order chi connectivity index (χ0) is 11.4. The Labute approximate surface area is 104 Å². The van der Waals surface area contributed by atoms with Gasteiger partial charge in [0.25, 0.3) is 0 Å². The molecule has 0 saturated carbocycles. The summed E-state index contributed by atoms with van der Waals surface area (Å²) in [6.45, 7) is 2.71. The Balaban J connectivity index is 1.97. The van der Waals surface area contributed by atoms with Crippen LogP contribution in [0, 0.1) is 0 Å². The fourth-order valence-electron chi connectivity index (χ4n) is 2.02. The van der Waals surface area contributed by atoms with Crippen LogP contribution in [0.3, 0.4) is 0 Å². The van der Waals surface area contributed by atoms with Gasteiger partial charge in [0, 0.05) is 19.6 Å². The number of hydrazine groups is 1. The summed E-state index contributed by atoms with van der Waals surface area (Å²) < 4.78 is 6.42. The van der Waals surface area contributed by atoms with Crippen LogP contribution in [0.25, 0.3) is 0 Å². The van der Waals surface area contributed by atoms with Crippen molar-refractivity contribution in [1.29, 1.82) is 0 Å². The molecule has 2 rings (SSSR count). The molecule has 1 aliphatic rings. The number of hydrogen-bond acceptors (Lipinski definition) is 4. The fourth-order valence-corrected chi connectivity index (χ4v) is 2.49. The summed E-state index contributed by atoms with van der Waals surface area (Å²) >= 11 is 3.46. The Morgan fingerprint density at radius 1 is 1.44 bits per heavy atom. The van der Waals surface area contributed by atoms with E-state index in [0.29, 0.717) is 6.54 Å². The van der Waals surface area contributed by atoms with Crippen molar-refractivity contribution < 1.29 is 4.42 Å². The lowest BCUT2D eigenvalue weighted by atomic mass is 10.1. The SMILES string of the molecule is NCC(NN1CCCCC1)c1occc1Br. The first-order chi connectivity index (χ1) is 7.81. The number of nitrogens with zero attached hydrogens (tertiary/aromatic N) is 1. The predicted octanol–water partition coefficient (Wildman–Crippen LogP) is 2.03. The number of halogens is 1. The maximum atomic E-state index is 5.78.